The van der Waals surface area contributed by atoms with E-state index in [2.05, 4.69) is 20.7 Å². The minimum Gasteiger partial charge on any atom is -0.378 e. The van der Waals surface area contributed by atoms with Gasteiger partial charge in [0.2, 0.25) is 0 Å². The van der Waals surface area contributed by atoms with Crippen molar-refractivity contribution in [2.75, 3.05) is 23.7 Å². The van der Waals surface area contributed by atoms with Crippen LogP contribution in [0.25, 0.3) is 0 Å². The summed E-state index contributed by atoms with van der Waals surface area (Å²) in [7, 11) is 2.56. The third-order valence-electron chi connectivity index (χ3n) is 2.69. The van der Waals surface area contributed by atoms with E-state index in [9.17, 15) is 4.21 Å². The fraction of sp³-hybridized carbons (Fsp3) is 0.143. The summed E-state index contributed by atoms with van der Waals surface area (Å²) >= 11 is 9.41. The van der Waals surface area contributed by atoms with E-state index in [0.717, 1.165) is 15.8 Å². The van der Waals surface area contributed by atoms with Gasteiger partial charge in [-0.05, 0) is 42.5 Å². The van der Waals surface area contributed by atoms with Crippen LogP contribution in [0.5, 0.6) is 0 Å². The molecule has 106 valence electrons. The summed E-state index contributed by atoms with van der Waals surface area (Å²) in [6.45, 7) is 0. The van der Waals surface area contributed by atoms with Crippen LogP contribution in [0.15, 0.2) is 51.8 Å². The van der Waals surface area contributed by atoms with Gasteiger partial charge in [-0.25, -0.2) is 4.21 Å². The summed E-state index contributed by atoms with van der Waals surface area (Å²) in [6, 6.07) is 13.0. The normalized spacial score (nSPS) is 12.0. The van der Waals surface area contributed by atoms with Gasteiger partial charge in [-0.3, -0.25) is 0 Å². The minimum absolute atomic E-state index is 0.468. The van der Waals surface area contributed by atoms with Crippen LogP contribution in [-0.4, -0.2) is 18.3 Å². The number of halogens is 2. The van der Waals surface area contributed by atoms with E-state index in [-0.39, 0.29) is 0 Å². The topological polar surface area (TPSA) is 32.3 Å². The fourth-order valence-electron chi connectivity index (χ4n) is 1.62. The summed E-state index contributed by atoms with van der Waals surface area (Å²) in [4.78, 5) is 2.57. The third-order valence-corrected chi connectivity index (χ3v) is 4.78. The van der Waals surface area contributed by atoms with Crippen LogP contribution in [0.1, 0.15) is 0 Å². The molecule has 0 aliphatic carbocycles. The van der Waals surface area contributed by atoms with Gasteiger partial charge in [0, 0.05) is 29.9 Å². The van der Waals surface area contributed by atoms with Crippen LogP contribution in [-0.2, 0) is 11.0 Å². The average Bonchev–Trinajstić information content (AvgIpc) is 2.39. The fourth-order valence-corrected chi connectivity index (χ4v) is 3.39. The number of benzene rings is 2. The first-order valence-electron chi connectivity index (χ1n) is 5.88. The lowest BCUT2D eigenvalue weighted by molar-refractivity contribution is 0.686. The minimum atomic E-state index is -1.39. The Labute approximate surface area is 134 Å². The van der Waals surface area contributed by atoms with E-state index in [1.54, 1.807) is 12.1 Å². The number of rotatable bonds is 4. The molecule has 6 heteroatoms. The second kappa shape index (κ2) is 6.61. The van der Waals surface area contributed by atoms with E-state index >= 15 is 0 Å². The molecule has 0 heterocycles. The van der Waals surface area contributed by atoms with Gasteiger partial charge in [0.1, 0.15) is 0 Å². The van der Waals surface area contributed by atoms with Crippen molar-refractivity contribution in [1.29, 1.82) is 0 Å². The van der Waals surface area contributed by atoms with Gasteiger partial charge in [-0.2, -0.15) is 0 Å². The molecule has 0 aliphatic heterocycles. The molecule has 1 unspecified atom stereocenters. The van der Waals surface area contributed by atoms with Crippen molar-refractivity contribution in [1.82, 2.24) is 0 Å². The standard InChI is InChI=1S/C14H14BrClN2OS/c1-18(2)12-6-4-11(5-7-12)17-20(19)14-8-3-10(15)9-13(14)16/h3-9,17H,1-2H3. The van der Waals surface area contributed by atoms with Crippen molar-refractivity contribution in [3.8, 4) is 0 Å². The number of nitrogens with zero attached hydrogens (tertiary/aromatic N) is 1. The average molecular weight is 374 g/mol. The van der Waals surface area contributed by atoms with Crippen molar-refractivity contribution < 1.29 is 4.21 Å². The first-order chi connectivity index (χ1) is 9.47. The highest BCUT2D eigenvalue weighted by atomic mass is 79.9. The molecule has 2 rings (SSSR count). The SMILES string of the molecule is CN(C)c1ccc(NS(=O)c2ccc(Br)cc2Cl)cc1. The van der Waals surface area contributed by atoms with Crippen LogP contribution in [0.2, 0.25) is 5.02 Å². The number of hydrogen-bond donors (Lipinski definition) is 1. The Kier molecular flexibility index (Phi) is 5.07. The van der Waals surface area contributed by atoms with Crippen LogP contribution < -0.4 is 9.62 Å². The molecule has 0 saturated carbocycles. The Balaban J connectivity index is 2.15. The molecule has 0 amide bonds. The smallest absolute Gasteiger partial charge is 0.151 e. The van der Waals surface area contributed by atoms with E-state index in [1.807, 2.05) is 49.3 Å². The van der Waals surface area contributed by atoms with Gasteiger partial charge in [0.15, 0.2) is 11.0 Å². The molecule has 0 aromatic heterocycles. The zero-order valence-electron chi connectivity index (χ0n) is 11.1. The Morgan fingerprint density at radius 3 is 2.35 bits per heavy atom. The van der Waals surface area contributed by atoms with Crippen LogP contribution >= 0.6 is 27.5 Å². The number of nitrogens with one attached hydrogen (secondary N) is 1. The zero-order valence-corrected chi connectivity index (χ0v) is 14.2. The number of hydrogen-bond acceptors (Lipinski definition) is 2. The quantitative estimate of drug-likeness (QED) is 0.866. The summed E-state index contributed by atoms with van der Waals surface area (Å²) in [5, 5.41) is 0.468. The molecular weight excluding hydrogens is 360 g/mol. The van der Waals surface area contributed by atoms with E-state index in [0.29, 0.717) is 9.92 Å². The van der Waals surface area contributed by atoms with Gasteiger partial charge < -0.3 is 9.62 Å². The molecule has 0 bridgehead atoms. The maximum Gasteiger partial charge on any atom is 0.151 e. The van der Waals surface area contributed by atoms with Gasteiger partial charge >= 0.3 is 0 Å². The highest BCUT2D eigenvalue weighted by Gasteiger charge is 2.09. The Morgan fingerprint density at radius 1 is 1.15 bits per heavy atom. The van der Waals surface area contributed by atoms with Gasteiger partial charge in [-0.1, -0.05) is 27.5 Å². The molecule has 3 nitrogen and oxygen atoms in total. The Hall–Kier alpha value is -1.04. The van der Waals surface area contributed by atoms with Crippen molar-refractivity contribution >= 4 is 49.9 Å². The molecule has 2 aromatic carbocycles. The van der Waals surface area contributed by atoms with Crippen LogP contribution in [0.3, 0.4) is 0 Å². The molecule has 0 aliphatic rings. The monoisotopic (exact) mass is 372 g/mol. The zero-order chi connectivity index (χ0) is 14.7. The molecule has 1 N–H and O–H groups in total. The van der Waals surface area contributed by atoms with Crippen molar-refractivity contribution in [2.24, 2.45) is 0 Å². The van der Waals surface area contributed by atoms with Crippen LogP contribution in [0.4, 0.5) is 11.4 Å². The molecule has 2 aromatic rings. The predicted molar refractivity (Wildman–Crippen MR) is 90.0 cm³/mol. The van der Waals surface area contributed by atoms with E-state index in [1.165, 1.54) is 0 Å². The van der Waals surface area contributed by atoms with E-state index < -0.39 is 11.0 Å². The first-order valence-corrected chi connectivity index (χ1v) is 8.20. The lowest BCUT2D eigenvalue weighted by atomic mass is 10.3. The summed E-state index contributed by atoms with van der Waals surface area (Å²) in [5.74, 6) is 0. The highest BCUT2D eigenvalue weighted by molar-refractivity contribution is 9.10. The molecule has 20 heavy (non-hydrogen) atoms. The summed E-state index contributed by atoms with van der Waals surface area (Å²) in [6.07, 6.45) is 0. The third kappa shape index (κ3) is 3.75. The van der Waals surface area contributed by atoms with Crippen molar-refractivity contribution in [2.45, 2.75) is 4.90 Å². The van der Waals surface area contributed by atoms with Crippen molar-refractivity contribution in [3.05, 3.63) is 52.0 Å². The summed E-state index contributed by atoms with van der Waals surface area (Å²) < 4.78 is 16.1. The molecule has 0 saturated heterocycles. The Bertz CT molecular complexity index is 632. The first kappa shape index (κ1) is 15.4. The van der Waals surface area contributed by atoms with Gasteiger partial charge in [-0.15, -0.1) is 0 Å². The molecule has 1 atom stereocenters. The predicted octanol–water partition coefficient (Wildman–Crippen LogP) is 4.30. The largest absolute Gasteiger partial charge is 0.378 e. The summed E-state index contributed by atoms with van der Waals surface area (Å²) in [5.41, 5.74) is 1.87. The van der Waals surface area contributed by atoms with Gasteiger partial charge in [0.05, 0.1) is 9.92 Å². The highest BCUT2D eigenvalue weighted by Crippen LogP contribution is 2.25. The van der Waals surface area contributed by atoms with Crippen LogP contribution in [0, 0.1) is 0 Å². The van der Waals surface area contributed by atoms with Crippen molar-refractivity contribution in [3.63, 3.8) is 0 Å². The Morgan fingerprint density at radius 2 is 1.80 bits per heavy atom. The van der Waals surface area contributed by atoms with E-state index in [4.69, 9.17) is 11.6 Å². The maximum absolute atomic E-state index is 12.3. The number of anilines is 2. The maximum atomic E-state index is 12.3. The molecule has 0 radical (unpaired) electrons. The second-order valence-corrected chi connectivity index (χ2v) is 6.89. The molecule has 0 spiro atoms. The lowest BCUT2D eigenvalue weighted by Gasteiger charge is -2.13. The van der Waals surface area contributed by atoms with Gasteiger partial charge in [0.25, 0.3) is 0 Å². The second-order valence-electron chi connectivity index (χ2n) is 4.39. The molecular formula is C14H14BrClN2OS. The lowest BCUT2D eigenvalue weighted by Crippen LogP contribution is -2.09. The molecule has 0 fully saturated rings.